The molecule has 0 saturated heterocycles. The zero-order chi connectivity index (χ0) is 22.2. The van der Waals surface area contributed by atoms with Gasteiger partial charge in [0, 0.05) is 24.3 Å². The maximum atomic E-state index is 10.1. The van der Waals surface area contributed by atoms with Gasteiger partial charge in [-0.3, -0.25) is 4.79 Å². The van der Waals surface area contributed by atoms with E-state index in [1.807, 2.05) is 21.1 Å². The summed E-state index contributed by atoms with van der Waals surface area (Å²) < 4.78 is 0.578. The van der Waals surface area contributed by atoms with Gasteiger partial charge in [-0.1, -0.05) is 0 Å². The molecule has 0 fully saturated rings. The first-order valence-corrected chi connectivity index (χ1v) is 7.05. The molecule has 0 aliphatic carbocycles. The maximum Gasteiger partial charge on any atom is 2.00 e. The number of hydrogen-bond acceptors (Lipinski definition) is 6. The second-order valence-electron chi connectivity index (χ2n) is 5.74. The fourth-order valence-electron chi connectivity index (χ4n) is 1.18. The van der Waals surface area contributed by atoms with Crippen LogP contribution in [0.2, 0.25) is 0 Å². The van der Waals surface area contributed by atoms with Gasteiger partial charge in [0.2, 0.25) is 0 Å². The molecule has 0 rings (SSSR count). The number of aliphatic hydroxyl groups excluding tert-OH is 1. The SMILES string of the molecule is C[N+](C)(C)C[C@@H](O)CC(=O)O.O=C(O)/C=C/C(=O)O.O=C(O)/C=C/C(=O)O.[Ca+2]. The van der Waals surface area contributed by atoms with Gasteiger partial charge in [-0.05, 0) is 0 Å². The molecule has 0 aromatic heterocycles. The Kier molecular flexibility index (Phi) is 22.0. The van der Waals surface area contributed by atoms with Crippen molar-refractivity contribution in [1.29, 1.82) is 0 Å². The molecule has 13 heteroatoms. The van der Waals surface area contributed by atoms with Gasteiger partial charge < -0.3 is 35.1 Å². The van der Waals surface area contributed by atoms with E-state index in [0.29, 0.717) is 35.3 Å². The van der Waals surface area contributed by atoms with E-state index in [9.17, 15) is 24.0 Å². The van der Waals surface area contributed by atoms with E-state index in [0.717, 1.165) is 0 Å². The zero-order valence-corrected chi connectivity index (χ0v) is 17.9. The van der Waals surface area contributed by atoms with E-state index < -0.39 is 36.0 Å². The zero-order valence-electron chi connectivity index (χ0n) is 15.7. The number of aliphatic carboxylic acids is 5. The average molecular weight is 434 g/mol. The van der Waals surface area contributed by atoms with Crippen LogP contribution < -0.4 is 0 Å². The molecule has 0 saturated carbocycles. The maximum absolute atomic E-state index is 10.1. The number of nitrogens with zero attached hydrogens (tertiary/aromatic N) is 1. The fourth-order valence-corrected chi connectivity index (χ4v) is 1.18. The number of carboxylic acids is 5. The number of carbonyl (C=O) groups is 5. The Morgan fingerprint density at radius 1 is 0.714 bits per heavy atom. The van der Waals surface area contributed by atoms with Crippen molar-refractivity contribution in [2.45, 2.75) is 12.5 Å². The van der Waals surface area contributed by atoms with E-state index in [-0.39, 0.29) is 44.2 Å². The number of likely N-dealkylation sites (N-methyl/N-ethyl adjacent to an activating group) is 1. The van der Waals surface area contributed by atoms with Crippen LogP contribution in [-0.2, 0) is 24.0 Å². The van der Waals surface area contributed by atoms with Gasteiger partial charge in [-0.2, -0.15) is 0 Å². The predicted octanol–water partition coefficient (Wildman–Crippen LogP) is -1.43. The Hall–Kier alpha value is -1.99. The molecule has 0 radical (unpaired) electrons. The Labute approximate surface area is 190 Å². The Morgan fingerprint density at radius 3 is 1.11 bits per heavy atom. The molecule has 0 unspecified atom stereocenters. The van der Waals surface area contributed by atoms with Crippen molar-refractivity contribution < 1.29 is 59.1 Å². The second-order valence-corrected chi connectivity index (χ2v) is 5.74. The Morgan fingerprint density at radius 2 is 0.964 bits per heavy atom. The Bertz CT molecular complexity index is 513. The van der Waals surface area contributed by atoms with Crippen LogP contribution in [0.25, 0.3) is 0 Å². The second kappa shape index (κ2) is 18.4. The first kappa shape index (κ1) is 33.6. The van der Waals surface area contributed by atoms with E-state index in [1.54, 1.807) is 0 Å². The van der Waals surface area contributed by atoms with E-state index >= 15 is 0 Å². The van der Waals surface area contributed by atoms with Gasteiger partial charge in [0.1, 0.15) is 12.6 Å². The molecule has 28 heavy (non-hydrogen) atoms. The monoisotopic (exact) mass is 434 g/mol. The van der Waals surface area contributed by atoms with Crippen molar-refractivity contribution in [2.24, 2.45) is 0 Å². The number of quaternary nitrogens is 1. The summed E-state index contributed by atoms with van der Waals surface area (Å²) in [6.07, 6.45) is 1.32. The summed E-state index contributed by atoms with van der Waals surface area (Å²) in [7, 11) is 5.72. The normalized spacial score (nSPS) is 11.1. The summed E-state index contributed by atoms with van der Waals surface area (Å²) >= 11 is 0. The van der Waals surface area contributed by atoms with Crippen molar-refractivity contribution in [3.8, 4) is 0 Å². The third-order valence-electron chi connectivity index (χ3n) is 1.91. The van der Waals surface area contributed by atoms with Gasteiger partial charge in [-0.25, -0.2) is 19.2 Å². The summed E-state index contributed by atoms with van der Waals surface area (Å²) in [5.74, 6) is -5.98. The molecule has 0 heterocycles. The molecule has 154 valence electrons. The molecule has 1 atom stereocenters. The largest absolute Gasteiger partial charge is 2.00 e. The van der Waals surface area contributed by atoms with Crippen LogP contribution in [-0.4, -0.2) is 136 Å². The summed E-state index contributed by atoms with van der Waals surface area (Å²) in [5.41, 5.74) is 0. The van der Waals surface area contributed by atoms with Crippen LogP contribution in [0.4, 0.5) is 0 Å². The molecular formula is C15H24CaNO11+3. The van der Waals surface area contributed by atoms with Crippen molar-refractivity contribution in [2.75, 3.05) is 27.7 Å². The molecule has 0 spiro atoms. The fraction of sp³-hybridized carbons (Fsp3) is 0.400. The quantitative estimate of drug-likeness (QED) is 0.148. The predicted molar refractivity (Wildman–Crippen MR) is 95.7 cm³/mol. The van der Waals surface area contributed by atoms with Gasteiger partial charge in [-0.15, -0.1) is 0 Å². The van der Waals surface area contributed by atoms with Crippen LogP contribution in [0.15, 0.2) is 24.3 Å². The van der Waals surface area contributed by atoms with Crippen molar-refractivity contribution in [3.63, 3.8) is 0 Å². The van der Waals surface area contributed by atoms with Gasteiger partial charge in [0.25, 0.3) is 0 Å². The molecule has 0 amide bonds. The number of rotatable bonds is 8. The standard InChI is InChI=1S/C7H15NO3.2C4H4O4.Ca/c1-8(2,3)5-6(9)4-7(10)11;2*5-3(6)1-2-4(7)8;/h6,9H,4-5H2,1-3H3;2*1-2H,(H,5,6)(H,7,8);/q;;;+2/p+1/b;2*2-1+;/t6-;;;/m0.../s1. The summed E-state index contributed by atoms with van der Waals surface area (Å²) in [5, 5.41) is 48.7. The van der Waals surface area contributed by atoms with Crippen LogP contribution in [0.5, 0.6) is 0 Å². The van der Waals surface area contributed by atoms with Crippen molar-refractivity contribution in [3.05, 3.63) is 24.3 Å². The van der Waals surface area contributed by atoms with Crippen LogP contribution >= 0.6 is 0 Å². The molecule has 0 aliphatic heterocycles. The third kappa shape index (κ3) is 43.9. The molecule has 0 aromatic carbocycles. The molecular weight excluding hydrogens is 410 g/mol. The van der Waals surface area contributed by atoms with E-state index in [2.05, 4.69) is 0 Å². The van der Waals surface area contributed by atoms with Crippen LogP contribution in [0, 0.1) is 0 Å². The average Bonchev–Trinajstić information content (AvgIpc) is 2.41. The van der Waals surface area contributed by atoms with Gasteiger partial charge in [0.05, 0.1) is 27.6 Å². The summed E-state index contributed by atoms with van der Waals surface area (Å²) in [6.45, 7) is 0.465. The number of hydrogen-bond donors (Lipinski definition) is 6. The minimum atomic E-state index is -1.26. The third-order valence-corrected chi connectivity index (χ3v) is 1.91. The Balaban J connectivity index is -0.000000155. The molecule has 6 N–H and O–H groups in total. The molecule has 12 nitrogen and oxygen atoms in total. The number of carboxylic acid groups (broad SMARTS) is 5. The first-order valence-electron chi connectivity index (χ1n) is 7.05. The molecule has 0 aromatic rings. The van der Waals surface area contributed by atoms with Crippen molar-refractivity contribution in [1.82, 2.24) is 0 Å². The van der Waals surface area contributed by atoms with Gasteiger partial charge >= 0.3 is 67.6 Å². The topological polar surface area (TPSA) is 207 Å². The van der Waals surface area contributed by atoms with Crippen molar-refractivity contribution >= 4 is 67.6 Å². The van der Waals surface area contributed by atoms with Crippen LogP contribution in [0.1, 0.15) is 6.42 Å². The van der Waals surface area contributed by atoms with Gasteiger partial charge in [0.15, 0.2) is 0 Å². The van der Waals surface area contributed by atoms with Crippen LogP contribution in [0.3, 0.4) is 0 Å². The first-order chi connectivity index (χ1) is 12.1. The van der Waals surface area contributed by atoms with E-state index in [1.165, 1.54) is 0 Å². The number of aliphatic hydroxyl groups is 1. The summed E-state index contributed by atoms with van der Waals surface area (Å²) in [4.78, 5) is 48.3. The van der Waals surface area contributed by atoms with E-state index in [4.69, 9.17) is 30.6 Å². The minimum absolute atomic E-state index is 0. The molecule has 0 bridgehead atoms. The molecule has 0 aliphatic rings. The minimum Gasteiger partial charge on any atom is -0.481 e. The smallest absolute Gasteiger partial charge is 0.481 e. The summed E-state index contributed by atoms with van der Waals surface area (Å²) in [6, 6.07) is 0.